The minimum absolute atomic E-state index is 0.0967. The predicted octanol–water partition coefficient (Wildman–Crippen LogP) is 2.10. The molecule has 1 amide bonds. The average molecular weight is 289 g/mol. The van der Waals surface area contributed by atoms with E-state index in [9.17, 15) is 4.79 Å². The second-order valence-electron chi connectivity index (χ2n) is 6.31. The smallest absolute Gasteiger partial charge is 0.239 e. The van der Waals surface area contributed by atoms with Crippen molar-refractivity contribution in [2.45, 2.75) is 39.2 Å². The van der Waals surface area contributed by atoms with E-state index in [0.717, 1.165) is 13.0 Å². The maximum Gasteiger partial charge on any atom is 0.239 e. The lowest BCUT2D eigenvalue weighted by Crippen LogP contribution is -2.42. The maximum atomic E-state index is 12.2. The van der Waals surface area contributed by atoms with Crippen LogP contribution in [0.15, 0.2) is 24.3 Å². The lowest BCUT2D eigenvalue weighted by atomic mass is 9.98. The second kappa shape index (κ2) is 6.94. The molecular formula is C17H27N3O. The zero-order valence-electron chi connectivity index (χ0n) is 13.3. The molecule has 1 aliphatic rings. The van der Waals surface area contributed by atoms with Crippen molar-refractivity contribution in [3.05, 3.63) is 29.8 Å². The third kappa shape index (κ3) is 3.76. The molecule has 1 aliphatic heterocycles. The van der Waals surface area contributed by atoms with E-state index in [1.807, 2.05) is 6.07 Å². The van der Waals surface area contributed by atoms with Gasteiger partial charge in [-0.15, -0.1) is 0 Å². The normalized spacial score (nSPS) is 18.7. The summed E-state index contributed by atoms with van der Waals surface area (Å²) in [5.41, 5.74) is 8.22. The summed E-state index contributed by atoms with van der Waals surface area (Å²) in [6.07, 6.45) is 0.970. The van der Waals surface area contributed by atoms with Gasteiger partial charge in [-0.1, -0.05) is 32.0 Å². The van der Waals surface area contributed by atoms with E-state index >= 15 is 0 Å². The molecule has 0 aliphatic carbocycles. The van der Waals surface area contributed by atoms with Crippen LogP contribution in [-0.2, 0) is 4.79 Å². The number of carbonyl (C=O) groups is 1. The Kier molecular flexibility index (Phi) is 5.23. The number of fused-ring (bicyclic) bond motifs is 1. The monoisotopic (exact) mass is 289 g/mol. The van der Waals surface area contributed by atoms with Crippen LogP contribution in [0.25, 0.3) is 0 Å². The summed E-state index contributed by atoms with van der Waals surface area (Å²) in [4.78, 5) is 14.4. The molecule has 0 bridgehead atoms. The molecule has 0 spiro atoms. The molecule has 4 heteroatoms. The highest BCUT2D eigenvalue weighted by atomic mass is 16.2. The standard InChI is InChI=1S/C17H27N3O/c1-12(2)13(3)19-17(21)11-20-10-14(8-9-18)15-6-4-5-7-16(15)20/h4-7,12-14H,8-11,18H2,1-3H3,(H,19,21). The van der Waals surface area contributed by atoms with E-state index in [-0.39, 0.29) is 11.9 Å². The van der Waals surface area contributed by atoms with Gasteiger partial charge in [0.25, 0.3) is 0 Å². The highest BCUT2D eigenvalue weighted by Crippen LogP contribution is 2.37. The molecule has 2 unspecified atom stereocenters. The third-order valence-corrected chi connectivity index (χ3v) is 4.40. The van der Waals surface area contributed by atoms with Gasteiger partial charge in [0.05, 0.1) is 6.54 Å². The first-order valence-corrected chi connectivity index (χ1v) is 7.86. The van der Waals surface area contributed by atoms with Crippen LogP contribution in [0.5, 0.6) is 0 Å². The van der Waals surface area contributed by atoms with Crippen LogP contribution in [0.3, 0.4) is 0 Å². The molecule has 0 fully saturated rings. The quantitative estimate of drug-likeness (QED) is 0.843. The van der Waals surface area contributed by atoms with E-state index in [2.05, 4.69) is 49.2 Å². The number of benzene rings is 1. The van der Waals surface area contributed by atoms with Crippen LogP contribution in [0.1, 0.15) is 38.7 Å². The van der Waals surface area contributed by atoms with Gasteiger partial charge in [0.1, 0.15) is 0 Å². The Bertz CT molecular complexity index is 487. The number of rotatable bonds is 6. The Balaban J connectivity index is 2.03. The van der Waals surface area contributed by atoms with Crippen molar-refractivity contribution < 1.29 is 4.79 Å². The maximum absolute atomic E-state index is 12.2. The first-order valence-electron chi connectivity index (χ1n) is 7.86. The fourth-order valence-corrected chi connectivity index (χ4v) is 2.82. The number of nitrogens with zero attached hydrogens (tertiary/aromatic N) is 1. The van der Waals surface area contributed by atoms with Gasteiger partial charge in [-0.25, -0.2) is 0 Å². The lowest BCUT2D eigenvalue weighted by Gasteiger charge is -2.22. The molecule has 0 aromatic heterocycles. The Morgan fingerprint density at radius 1 is 1.38 bits per heavy atom. The van der Waals surface area contributed by atoms with Gasteiger partial charge in [-0.3, -0.25) is 4.79 Å². The zero-order valence-corrected chi connectivity index (χ0v) is 13.3. The van der Waals surface area contributed by atoms with E-state index < -0.39 is 0 Å². The number of hydrogen-bond donors (Lipinski definition) is 2. The molecule has 0 saturated heterocycles. The van der Waals surface area contributed by atoms with Gasteiger partial charge in [-0.2, -0.15) is 0 Å². The zero-order chi connectivity index (χ0) is 15.4. The van der Waals surface area contributed by atoms with Crippen LogP contribution in [0, 0.1) is 5.92 Å². The van der Waals surface area contributed by atoms with Crippen LogP contribution in [0.4, 0.5) is 5.69 Å². The van der Waals surface area contributed by atoms with Crippen molar-refractivity contribution in [1.29, 1.82) is 0 Å². The molecule has 2 atom stereocenters. The van der Waals surface area contributed by atoms with E-state index in [4.69, 9.17) is 5.73 Å². The largest absolute Gasteiger partial charge is 0.361 e. The Hall–Kier alpha value is -1.55. The molecule has 0 radical (unpaired) electrons. The van der Waals surface area contributed by atoms with E-state index in [1.54, 1.807) is 0 Å². The van der Waals surface area contributed by atoms with Gasteiger partial charge in [0.2, 0.25) is 5.91 Å². The lowest BCUT2D eigenvalue weighted by molar-refractivity contribution is -0.120. The highest BCUT2D eigenvalue weighted by Gasteiger charge is 2.28. The second-order valence-corrected chi connectivity index (χ2v) is 6.31. The first-order chi connectivity index (χ1) is 10.0. The van der Waals surface area contributed by atoms with Crippen LogP contribution >= 0.6 is 0 Å². The third-order valence-electron chi connectivity index (χ3n) is 4.40. The number of anilines is 1. The van der Waals surface area contributed by atoms with Crippen LogP contribution < -0.4 is 16.0 Å². The van der Waals surface area contributed by atoms with Crippen molar-refractivity contribution >= 4 is 11.6 Å². The summed E-state index contributed by atoms with van der Waals surface area (Å²) in [5, 5.41) is 3.08. The molecule has 1 aromatic rings. The molecular weight excluding hydrogens is 262 g/mol. The summed E-state index contributed by atoms with van der Waals surface area (Å²) < 4.78 is 0. The fraction of sp³-hybridized carbons (Fsp3) is 0.588. The van der Waals surface area contributed by atoms with Crippen molar-refractivity contribution in [2.24, 2.45) is 11.7 Å². The molecule has 3 N–H and O–H groups in total. The molecule has 1 heterocycles. The fourth-order valence-electron chi connectivity index (χ4n) is 2.82. The number of nitrogens with one attached hydrogen (secondary N) is 1. The number of carbonyl (C=O) groups excluding carboxylic acids is 1. The summed E-state index contributed by atoms with van der Waals surface area (Å²) in [7, 11) is 0. The molecule has 21 heavy (non-hydrogen) atoms. The minimum atomic E-state index is 0.0967. The minimum Gasteiger partial charge on any atom is -0.361 e. The van der Waals surface area contributed by atoms with E-state index in [0.29, 0.717) is 24.9 Å². The average Bonchev–Trinajstić information content (AvgIpc) is 2.77. The summed E-state index contributed by atoms with van der Waals surface area (Å²) >= 11 is 0. The van der Waals surface area contributed by atoms with Crippen LogP contribution in [-0.4, -0.2) is 31.6 Å². The number of nitrogens with two attached hydrogens (primary N) is 1. The SMILES string of the molecule is CC(C)C(C)NC(=O)CN1CC(CCN)c2ccccc21. The van der Waals surface area contributed by atoms with Crippen molar-refractivity contribution in [3.63, 3.8) is 0 Å². The molecule has 2 rings (SSSR count). The van der Waals surface area contributed by atoms with Crippen molar-refractivity contribution in [1.82, 2.24) is 5.32 Å². The van der Waals surface area contributed by atoms with Gasteiger partial charge >= 0.3 is 0 Å². The topological polar surface area (TPSA) is 58.4 Å². The number of para-hydroxylation sites is 1. The molecule has 4 nitrogen and oxygen atoms in total. The molecule has 0 saturated carbocycles. The Labute approximate surface area is 127 Å². The predicted molar refractivity (Wildman–Crippen MR) is 87.5 cm³/mol. The molecule has 1 aromatic carbocycles. The van der Waals surface area contributed by atoms with Crippen molar-refractivity contribution in [3.8, 4) is 0 Å². The van der Waals surface area contributed by atoms with E-state index in [1.165, 1.54) is 11.3 Å². The number of hydrogen-bond acceptors (Lipinski definition) is 3. The van der Waals surface area contributed by atoms with Gasteiger partial charge in [0.15, 0.2) is 0 Å². The first kappa shape index (κ1) is 15.8. The Morgan fingerprint density at radius 3 is 2.76 bits per heavy atom. The van der Waals surface area contributed by atoms with Gasteiger partial charge in [0, 0.05) is 24.2 Å². The summed E-state index contributed by atoms with van der Waals surface area (Å²) in [6, 6.07) is 8.56. The molecule has 116 valence electrons. The summed E-state index contributed by atoms with van der Waals surface area (Å²) in [6.45, 7) is 8.29. The Morgan fingerprint density at radius 2 is 2.10 bits per heavy atom. The summed E-state index contributed by atoms with van der Waals surface area (Å²) in [5.74, 6) is 0.991. The highest BCUT2D eigenvalue weighted by molar-refractivity contribution is 5.82. The van der Waals surface area contributed by atoms with Crippen LogP contribution in [0.2, 0.25) is 0 Å². The van der Waals surface area contributed by atoms with Crippen molar-refractivity contribution in [2.75, 3.05) is 24.5 Å². The van der Waals surface area contributed by atoms with Gasteiger partial charge < -0.3 is 16.0 Å². The number of amides is 1. The van der Waals surface area contributed by atoms with Gasteiger partial charge in [-0.05, 0) is 37.4 Å².